The van der Waals surface area contributed by atoms with E-state index in [1.165, 1.54) is 0 Å². The number of phenolic OH excluding ortho intramolecular Hbond substituents is 1. The predicted octanol–water partition coefficient (Wildman–Crippen LogP) is 2.55. The summed E-state index contributed by atoms with van der Waals surface area (Å²) in [5.74, 6) is -0.203. The Morgan fingerprint density at radius 3 is 2.45 bits per heavy atom. The van der Waals surface area contributed by atoms with E-state index >= 15 is 0 Å². The topological polar surface area (TPSA) is 60.8 Å². The van der Waals surface area contributed by atoms with Gasteiger partial charge in [0.15, 0.2) is 0 Å². The standard InChI is InChI=1S/C16H23NO3/c1-10-4-14(16(19)20)9-17(7-10)8-13-5-11(2)15(18)12(3)6-13/h5-6,10,14,18H,4,7-9H2,1-3H3,(H,19,20). The normalized spacial score (nSPS) is 23.8. The molecule has 4 nitrogen and oxygen atoms in total. The Kier molecular flexibility index (Phi) is 4.33. The average Bonchev–Trinajstić information content (AvgIpc) is 2.35. The fourth-order valence-electron chi connectivity index (χ4n) is 3.16. The van der Waals surface area contributed by atoms with Crippen molar-refractivity contribution in [3.63, 3.8) is 0 Å². The smallest absolute Gasteiger partial charge is 0.307 e. The van der Waals surface area contributed by atoms with Gasteiger partial charge in [0.25, 0.3) is 0 Å². The van der Waals surface area contributed by atoms with Crippen LogP contribution in [0.15, 0.2) is 12.1 Å². The van der Waals surface area contributed by atoms with E-state index < -0.39 is 5.97 Å². The van der Waals surface area contributed by atoms with Gasteiger partial charge in [0.1, 0.15) is 5.75 Å². The summed E-state index contributed by atoms with van der Waals surface area (Å²) in [5, 5.41) is 19.0. The third-order valence-electron chi connectivity index (χ3n) is 4.04. The number of carboxylic acid groups (broad SMARTS) is 1. The minimum absolute atomic E-state index is 0.266. The summed E-state index contributed by atoms with van der Waals surface area (Å²) < 4.78 is 0. The number of phenols is 1. The van der Waals surface area contributed by atoms with Gasteiger partial charge in [-0.2, -0.15) is 0 Å². The summed E-state index contributed by atoms with van der Waals surface area (Å²) in [4.78, 5) is 13.4. The van der Waals surface area contributed by atoms with Crippen LogP contribution in [0.1, 0.15) is 30.0 Å². The summed E-state index contributed by atoms with van der Waals surface area (Å²) >= 11 is 0. The number of hydrogen-bond donors (Lipinski definition) is 2. The Balaban J connectivity index is 2.11. The molecular formula is C16H23NO3. The van der Waals surface area contributed by atoms with Gasteiger partial charge in [-0.1, -0.05) is 19.1 Å². The number of aryl methyl sites for hydroxylation is 2. The zero-order chi connectivity index (χ0) is 14.9. The molecule has 2 rings (SSSR count). The van der Waals surface area contributed by atoms with E-state index in [4.69, 9.17) is 0 Å². The Morgan fingerprint density at radius 2 is 1.90 bits per heavy atom. The summed E-state index contributed by atoms with van der Waals surface area (Å²) in [6.45, 7) is 8.18. The van der Waals surface area contributed by atoms with Crippen molar-refractivity contribution in [2.24, 2.45) is 11.8 Å². The van der Waals surface area contributed by atoms with E-state index in [1.807, 2.05) is 26.0 Å². The minimum atomic E-state index is -0.695. The molecule has 0 bridgehead atoms. The van der Waals surface area contributed by atoms with Crippen molar-refractivity contribution in [2.75, 3.05) is 13.1 Å². The predicted molar refractivity (Wildman–Crippen MR) is 77.8 cm³/mol. The number of carbonyl (C=O) groups is 1. The van der Waals surface area contributed by atoms with E-state index in [0.29, 0.717) is 18.2 Å². The van der Waals surface area contributed by atoms with Crippen molar-refractivity contribution in [3.05, 3.63) is 28.8 Å². The lowest BCUT2D eigenvalue weighted by Crippen LogP contribution is -2.41. The molecule has 1 fully saturated rings. The van der Waals surface area contributed by atoms with Gasteiger partial charge in [0, 0.05) is 19.6 Å². The van der Waals surface area contributed by atoms with Crippen LogP contribution in [-0.2, 0) is 11.3 Å². The second-order valence-electron chi connectivity index (χ2n) is 6.15. The Morgan fingerprint density at radius 1 is 1.30 bits per heavy atom. The first-order chi connectivity index (χ1) is 9.36. The quantitative estimate of drug-likeness (QED) is 0.891. The molecule has 4 heteroatoms. The van der Waals surface area contributed by atoms with Crippen LogP contribution < -0.4 is 0 Å². The maximum atomic E-state index is 11.2. The number of nitrogens with zero attached hydrogens (tertiary/aromatic N) is 1. The minimum Gasteiger partial charge on any atom is -0.507 e. The third-order valence-corrected chi connectivity index (χ3v) is 4.04. The first-order valence-electron chi connectivity index (χ1n) is 7.11. The van der Waals surface area contributed by atoms with Crippen molar-refractivity contribution in [3.8, 4) is 5.75 Å². The maximum absolute atomic E-state index is 11.2. The largest absolute Gasteiger partial charge is 0.507 e. The molecule has 0 aromatic heterocycles. The molecule has 0 amide bonds. The lowest BCUT2D eigenvalue weighted by molar-refractivity contribution is -0.144. The van der Waals surface area contributed by atoms with E-state index in [9.17, 15) is 15.0 Å². The van der Waals surface area contributed by atoms with Gasteiger partial charge in [-0.15, -0.1) is 0 Å². The molecule has 0 saturated carbocycles. The molecule has 20 heavy (non-hydrogen) atoms. The molecule has 2 unspecified atom stereocenters. The summed E-state index contributed by atoms with van der Waals surface area (Å²) in [5.41, 5.74) is 2.88. The number of likely N-dealkylation sites (tertiary alicyclic amines) is 1. The second kappa shape index (κ2) is 5.83. The SMILES string of the molecule is Cc1cc(CN2CC(C)CC(C(=O)O)C2)cc(C)c1O. The van der Waals surface area contributed by atoms with Gasteiger partial charge in [-0.3, -0.25) is 9.69 Å². The first kappa shape index (κ1) is 14.9. The molecule has 2 N–H and O–H groups in total. The van der Waals surface area contributed by atoms with Crippen LogP contribution in [0.4, 0.5) is 0 Å². The molecule has 110 valence electrons. The van der Waals surface area contributed by atoms with Crippen molar-refractivity contribution >= 4 is 5.97 Å². The molecule has 1 aliphatic rings. The Bertz CT molecular complexity index is 489. The molecule has 0 spiro atoms. The van der Waals surface area contributed by atoms with Crippen molar-refractivity contribution < 1.29 is 15.0 Å². The highest BCUT2D eigenvalue weighted by molar-refractivity contribution is 5.70. The number of aliphatic carboxylic acids is 1. The average molecular weight is 277 g/mol. The number of piperidine rings is 1. The molecule has 1 aromatic rings. The van der Waals surface area contributed by atoms with Gasteiger partial charge in [0.05, 0.1) is 5.92 Å². The zero-order valence-electron chi connectivity index (χ0n) is 12.4. The van der Waals surface area contributed by atoms with E-state index in [1.54, 1.807) is 0 Å². The maximum Gasteiger partial charge on any atom is 0.307 e. The molecular weight excluding hydrogens is 254 g/mol. The summed E-state index contributed by atoms with van der Waals surface area (Å²) in [6, 6.07) is 3.97. The van der Waals surface area contributed by atoms with Crippen LogP contribution in [0.3, 0.4) is 0 Å². The van der Waals surface area contributed by atoms with Crippen molar-refractivity contribution in [2.45, 2.75) is 33.7 Å². The van der Waals surface area contributed by atoms with Gasteiger partial charge < -0.3 is 10.2 Å². The van der Waals surface area contributed by atoms with Gasteiger partial charge in [0.2, 0.25) is 0 Å². The molecule has 1 heterocycles. The second-order valence-corrected chi connectivity index (χ2v) is 6.15. The molecule has 0 radical (unpaired) electrons. The number of benzene rings is 1. The monoisotopic (exact) mass is 277 g/mol. The van der Waals surface area contributed by atoms with Crippen LogP contribution in [0.2, 0.25) is 0 Å². The van der Waals surface area contributed by atoms with Gasteiger partial charge in [-0.25, -0.2) is 0 Å². The Labute approximate surface area is 120 Å². The van der Waals surface area contributed by atoms with E-state index in [0.717, 1.165) is 36.2 Å². The highest BCUT2D eigenvalue weighted by atomic mass is 16.4. The molecule has 2 atom stereocenters. The molecule has 1 saturated heterocycles. The van der Waals surface area contributed by atoms with E-state index in [2.05, 4.69) is 11.8 Å². The number of rotatable bonds is 3. The molecule has 0 aliphatic carbocycles. The number of aromatic hydroxyl groups is 1. The highest BCUT2D eigenvalue weighted by Crippen LogP contribution is 2.26. The van der Waals surface area contributed by atoms with Gasteiger partial charge >= 0.3 is 5.97 Å². The number of hydrogen-bond acceptors (Lipinski definition) is 3. The van der Waals surface area contributed by atoms with Crippen molar-refractivity contribution in [1.29, 1.82) is 0 Å². The fraction of sp³-hybridized carbons (Fsp3) is 0.562. The van der Waals surface area contributed by atoms with Crippen LogP contribution in [0.25, 0.3) is 0 Å². The molecule has 1 aromatic carbocycles. The fourth-order valence-corrected chi connectivity index (χ4v) is 3.16. The van der Waals surface area contributed by atoms with Crippen LogP contribution in [0.5, 0.6) is 5.75 Å². The first-order valence-corrected chi connectivity index (χ1v) is 7.11. The summed E-state index contributed by atoms with van der Waals surface area (Å²) in [7, 11) is 0. The highest BCUT2D eigenvalue weighted by Gasteiger charge is 2.29. The lowest BCUT2D eigenvalue weighted by atomic mass is 9.90. The molecule has 1 aliphatic heterocycles. The van der Waals surface area contributed by atoms with E-state index in [-0.39, 0.29) is 5.92 Å². The number of carboxylic acids is 1. The van der Waals surface area contributed by atoms with Crippen LogP contribution in [-0.4, -0.2) is 34.2 Å². The summed E-state index contributed by atoms with van der Waals surface area (Å²) in [6.07, 6.45) is 0.763. The Hall–Kier alpha value is -1.55. The lowest BCUT2D eigenvalue weighted by Gasteiger charge is -2.34. The third kappa shape index (κ3) is 3.31. The van der Waals surface area contributed by atoms with Crippen molar-refractivity contribution in [1.82, 2.24) is 4.90 Å². The van der Waals surface area contributed by atoms with Crippen LogP contribution in [0, 0.1) is 25.7 Å². The van der Waals surface area contributed by atoms with Gasteiger partial charge in [-0.05, 0) is 42.9 Å². The zero-order valence-corrected chi connectivity index (χ0v) is 12.4. The van der Waals surface area contributed by atoms with Crippen LogP contribution >= 0.6 is 0 Å².